The molecule has 2 aromatic carbocycles. The SMILES string of the molecule is O=C(c1ccccc1CCc1ccccc1)N1CCC(C(=O)N2CCCCC2)CC1. The summed E-state index contributed by atoms with van der Waals surface area (Å²) in [5.74, 6) is 0.507. The second-order valence-electron chi connectivity index (χ2n) is 8.60. The van der Waals surface area contributed by atoms with E-state index in [1.807, 2.05) is 34.1 Å². The van der Waals surface area contributed by atoms with Crippen LogP contribution < -0.4 is 0 Å². The van der Waals surface area contributed by atoms with Crippen molar-refractivity contribution in [2.24, 2.45) is 5.92 Å². The van der Waals surface area contributed by atoms with Crippen molar-refractivity contribution in [1.29, 1.82) is 0 Å². The van der Waals surface area contributed by atoms with Gasteiger partial charge in [-0.2, -0.15) is 0 Å². The fourth-order valence-corrected chi connectivity index (χ4v) is 4.74. The summed E-state index contributed by atoms with van der Waals surface area (Å²) in [6, 6.07) is 18.4. The first-order chi connectivity index (χ1) is 14.7. The summed E-state index contributed by atoms with van der Waals surface area (Å²) in [4.78, 5) is 30.0. The van der Waals surface area contributed by atoms with E-state index in [0.717, 1.165) is 62.7 Å². The molecule has 2 aliphatic rings. The Bertz CT molecular complexity index is 850. The molecule has 0 bridgehead atoms. The summed E-state index contributed by atoms with van der Waals surface area (Å²) in [6.07, 6.45) is 6.85. The van der Waals surface area contributed by atoms with Crippen LogP contribution in [0.25, 0.3) is 0 Å². The maximum absolute atomic E-state index is 13.2. The van der Waals surface area contributed by atoms with Crippen LogP contribution in [0.1, 0.15) is 53.6 Å². The zero-order chi connectivity index (χ0) is 20.8. The van der Waals surface area contributed by atoms with Gasteiger partial charge in [-0.05, 0) is 62.1 Å². The third kappa shape index (κ3) is 4.92. The van der Waals surface area contributed by atoms with Gasteiger partial charge in [-0.25, -0.2) is 0 Å². The van der Waals surface area contributed by atoms with Crippen molar-refractivity contribution in [2.75, 3.05) is 26.2 Å². The van der Waals surface area contributed by atoms with Gasteiger partial charge in [0.15, 0.2) is 0 Å². The van der Waals surface area contributed by atoms with Crippen molar-refractivity contribution >= 4 is 11.8 Å². The Morgan fingerprint density at radius 2 is 1.40 bits per heavy atom. The lowest BCUT2D eigenvalue weighted by Gasteiger charge is -2.35. The molecule has 0 unspecified atom stereocenters. The molecule has 0 radical (unpaired) electrons. The number of piperidine rings is 2. The van der Waals surface area contributed by atoms with E-state index in [2.05, 4.69) is 30.3 Å². The predicted molar refractivity (Wildman–Crippen MR) is 119 cm³/mol. The zero-order valence-corrected chi connectivity index (χ0v) is 17.8. The molecule has 158 valence electrons. The van der Waals surface area contributed by atoms with Gasteiger partial charge in [0.1, 0.15) is 0 Å². The van der Waals surface area contributed by atoms with E-state index in [-0.39, 0.29) is 11.8 Å². The molecular weight excluding hydrogens is 372 g/mol. The molecule has 4 heteroatoms. The fraction of sp³-hybridized carbons (Fsp3) is 0.462. The normalized spacial score (nSPS) is 17.7. The molecule has 2 heterocycles. The minimum atomic E-state index is 0.0838. The molecule has 2 amide bonds. The van der Waals surface area contributed by atoms with Gasteiger partial charge >= 0.3 is 0 Å². The Labute approximate surface area is 179 Å². The molecule has 0 aromatic heterocycles. The second kappa shape index (κ2) is 9.92. The first-order valence-corrected chi connectivity index (χ1v) is 11.4. The highest BCUT2D eigenvalue weighted by Crippen LogP contribution is 2.24. The number of rotatable bonds is 5. The maximum atomic E-state index is 13.2. The minimum absolute atomic E-state index is 0.0838. The summed E-state index contributed by atoms with van der Waals surface area (Å²) >= 11 is 0. The lowest BCUT2D eigenvalue weighted by atomic mass is 9.93. The Morgan fingerprint density at radius 3 is 2.13 bits per heavy atom. The largest absolute Gasteiger partial charge is 0.342 e. The fourth-order valence-electron chi connectivity index (χ4n) is 4.74. The summed E-state index contributed by atoms with van der Waals surface area (Å²) in [5.41, 5.74) is 3.21. The average molecular weight is 405 g/mol. The van der Waals surface area contributed by atoms with Crippen LogP contribution in [0.2, 0.25) is 0 Å². The standard InChI is InChI=1S/C26H32N2O2/c29-25(27-17-7-2-8-18-27)23-15-19-28(20-16-23)26(30)24-12-6-5-11-22(24)14-13-21-9-3-1-4-10-21/h1,3-6,9-12,23H,2,7-8,13-20H2. The summed E-state index contributed by atoms with van der Waals surface area (Å²) in [5, 5.41) is 0. The quantitative estimate of drug-likeness (QED) is 0.744. The monoisotopic (exact) mass is 404 g/mol. The van der Waals surface area contributed by atoms with Gasteiger partial charge in [-0.15, -0.1) is 0 Å². The number of hydrogen-bond donors (Lipinski definition) is 0. The van der Waals surface area contributed by atoms with Gasteiger partial charge in [-0.3, -0.25) is 9.59 Å². The van der Waals surface area contributed by atoms with E-state index in [9.17, 15) is 9.59 Å². The van der Waals surface area contributed by atoms with Crippen LogP contribution in [0.4, 0.5) is 0 Å². The van der Waals surface area contributed by atoms with Crippen molar-refractivity contribution in [2.45, 2.75) is 44.9 Å². The molecule has 4 rings (SSSR count). The van der Waals surface area contributed by atoms with Crippen LogP contribution in [0.15, 0.2) is 54.6 Å². The summed E-state index contributed by atoms with van der Waals surface area (Å²) in [7, 11) is 0. The lowest BCUT2D eigenvalue weighted by molar-refractivity contribution is -0.137. The minimum Gasteiger partial charge on any atom is -0.342 e. The molecule has 2 aromatic rings. The van der Waals surface area contributed by atoms with E-state index < -0.39 is 0 Å². The van der Waals surface area contributed by atoms with Crippen molar-refractivity contribution in [3.05, 3.63) is 71.3 Å². The van der Waals surface area contributed by atoms with Crippen LogP contribution >= 0.6 is 0 Å². The van der Waals surface area contributed by atoms with Crippen LogP contribution in [0, 0.1) is 5.92 Å². The van der Waals surface area contributed by atoms with Crippen molar-refractivity contribution < 1.29 is 9.59 Å². The van der Waals surface area contributed by atoms with E-state index in [4.69, 9.17) is 0 Å². The number of carbonyl (C=O) groups excluding carboxylic acids is 2. The highest BCUT2D eigenvalue weighted by molar-refractivity contribution is 5.96. The van der Waals surface area contributed by atoms with Gasteiger partial charge in [0.25, 0.3) is 5.91 Å². The predicted octanol–water partition coefficient (Wildman–Crippen LogP) is 4.34. The number of likely N-dealkylation sites (tertiary alicyclic amines) is 2. The number of amides is 2. The van der Waals surface area contributed by atoms with Crippen LogP contribution in [-0.2, 0) is 17.6 Å². The Morgan fingerprint density at radius 1 is 0.733 bits per heavy atom. The number of carbonyl (C=O) groups is 2. The number of hydrogen-bond acceptors (Lipinski definition) is 2. The highest BCUT2D eigenvalue weighted by atomic mass is 16.2. The first-order valence-electron chi connectivity index (χ1n) is 11.4. The molecule has 2 saturated heterocycles. The maximum Gasteiger partial charge on any atom is 0.254 e. The van der Waals surface area contributed by atoms with E-state index >= 15 is 0 Å². The molecule has 2 fully saturated rings. The van der Waals surface area contributed by atoms with Crippen LogP contribution in [0.5, 0.6) is 0 Å². The van der Waals surface area contributed by atoms with Gasteiger partial charge in [-0.1, -0.05) is 48.5 Å². The third-order valence-electron chi connectivity index (χ3n) is 6.57. The number of nitrogens with zero attached hydrogens (tertiary/aromatic N) is 2. The van der Waals surface area contributed by atoms with Crippen molar-refractivity contribution in [1.82, 2.24) is 9.80 Å². The zero-order valence-electron chi connectivity index (χ0n) is 17.8. The van der Waals surface area contributed by atoms with Crippen molar-refractivity contribution in [3.63, 3.8) is 0 Å². The average Bonchev–Trinajstić information content (AvgIpc) is 2.83. The molecule has 2 aliphatic heterocycles. The lowest BCUT2D eigenvalue weighted by Crippen LogP contribution is -2.45. The van der Waals surface area contributed by atoms with Gasteiger partial charge in [0.05, 0.1) is 0 Å². The molecule has 4 nitrogen and oxygen atoms in total. The van der Waals surface area contributed by atoms with E-state index in [1.54, 1.807) is 0 Å². The van der Waals surface area contributed by atoms with Gasteiger partial charge in [0.2, 0.25) is 5.91 Å². The first kappa shape index (κ1) is 20.6. The van der Waals surface area contributed by atoms with Gasteiger partial charge in [0, 0.05) is 37.7 Å². The van der Waals surface area contributed by atoms with E-state index in [0.29, 0.717) is 19.0 Å². The molecule has 0 spiro atoms. The Balaban J connectivity index is 1.35. The molecule has 30 heavy (non-hydrogen) atoms. The molecule has 0 aliphatic carbocycles. The molecule has 0 atom stereocenters. The smallest absolute Gasteiger partial charge is 0.254 e. The number of aryl methyl sites for hydroxylation is 2. The summed E-state index contributed by atoms with van der Waals surface area (Å²) < 4.78 is 0. The number of benzene rings is 2. The van der Waals surface area contributed by atoms with E-state index in [1.165, 1.54) is 12.0 Å². The summed E-state index contributed by atoms with van der Waals surface area (Å²) in [6.45, 7) is 3.17. The highest BCUT2D eigenvalue weighted by Gasteiger charge is 2.31. The van der Waals surface area contributed by atoms with Crippen LogP contribution in [-0.4, -0.2) is 47.8 Å². The Kier molecular flexibility index (Phi) is 6.83. The molecule has 0 saturated carbocycles. The third-order valence-corrected chi connectivity index (χ3v) is 6.57. The second-order valence-corrected chi connectivity index (χ2v) is 8.60. The molecule has 0 N–H and O–H groups in total. The topological polar surface area (TPSA) is 40.6 Å². The van der Waals surface area contributed by atoms with Crippen LogP contribution in [0.3, 0.4) is 0 Å². The van der Waals surface area contributed by atoms with Crippen molar-refractivity contribution in [3.8, 4) is 0 Å². The van der Waals surface area contributed by atoms with Gasteiger partial charge < -0.3 is 9.80 Å². The Hall–Kier alpha value is -2.62. The molecular formula is C26H32N2O2.